The highest BCUT2D eigenvalue weighted by atomic mass is 127. The van der Waals surface area contributed by atoms with E-state index in [0.29, 0.717) is 11.2 Å². The minimum Gasteiger partial charge on any atom is -0.466 e. The molecule has 1 aliphatic carbocycles. The number of hydrogen-bond donors (Lipinski definition) is 3. The number of furan rings is 1. The third kappa shape index (κ3) is 5.65. The minimum absolute atomic E-state index is 0. The molecule has 1 atom stereocenters. The van der Waals surface area contributed by atoms with Crippen LogP contribution in [0.25, 0.3) is 0 Å². The lowest BCUT2D eigenvalue weighted by atomic mass is 9.83. The molecule has 138 valence electrons. The van der Waals surface area contributed by atoms with Crippen molar-refractivity contribution in [2.24, 2.45) is 10.4 Å². The smallest absolute Gasteiger partial charge is 0.191 e. The monoisotopic (exact) mass is 449 g/mol. The first-order valence-corrected chi connectivity index (χ1v) is 8.80. The van der Waals surface area contributed by atoms with E-state index in [1.807, 2.05) is 6.92 Å². The van der Waals surface area contributed by atoms with E-state index in [-0.39, 0.29) is 30.5 Å². The maximum absolute atomic E-state index is 10.5. The van der Waals surface area contributed by atoms with Crippen LogP contribution in [0.4, 0.5) is 0 Å². The number of nitrogens with one attached hydrogen (secondary N) is 2. The van der Waals surface area contributed by atoms with Crippen molar-refractivity contribution in [2.75, 3.05) is 19.6 Å². The molecule has 5 nitrogen and oxygen atoms in total. The highest BCUT2D eigenvalue weighted by molar-refractivity contribution is 14.0. The zero-order valence-electron chi connectivity index (χ0n) is 15.1. The third-order valence-electron chi connectivity index (χ3n) is 4.99. The fourth-order valence-electron chi connectivity index (χ4n) is 3.29. The van der Waals surface area contributed by atoms with Crippen LogP contribution in [-0.2, 0) is 5.60 Å². The number of nitrogens with zero attached hydrogens (tertiary/aromatic N) is 1. The van der Waals surface area contributed by atoms with Gasteiger partial charge in [0.25, 0.3) is 0 Å². The van der Waals surface area contributed by atoms with Gasteiger partial charge in [0.1, 0.15) is 11.4 Å². The molecule has 0 aliphatic heterocycles. The molecule has 1 aliphatic rings. The molecule has 0 radical (unpaired) electrons. The van der Waals surface area contributed by atoms with Crippen LogP contribution in [0.5, 0.6) is 0 Å². The molecule has 6 heteroatoms. The summed E-state index contributed by atoms with van der Waals surface area (Å²) in [4.78, 5) is 4.55. The maximum Gasteiger partial charge on any atom is 0.191 e. The van der Waals surface area contributed by atoms with Crippen LogP contribution in [-0.4, -0.2) is 30.7 Å². The molecule has 2 rings (SSSR count). The summed E-state index contributed by atoms with van der Waals surface area (Å²) in [5.41, 5.74) is -0.693. The van der Waals surface area contributed by atoms with E-state index in [2.05, 4.69) is 22.5 Å². The Morgan fingerprint density at radius 2 is 2.04 bits per heavy atom. The van der Waals surface area contributed by atoms with Gasteiger partial charge in [-0.3, -0.25) is 0 Å². The number of aliphatic hydroxyl groups is 1. The second-order valence-corrected chi connectivity index (χ2v) is 6.86. The number of guanidine groups is 1. The van der Waals surface area contributed by atoms with Gasteiger partial charge >= 0.3 is 0 Å². The average Bonchev–Trinajstić information content (AvgIpc) is 3.22. The summed E-state index contributed by atoms with van der Waals surface area (Å²) in [6.45, 7) is 8.05. The van der Waals surface area contributed by atoms with Crippen molar-refractivity contribution in [3.63, 3.8) is 0 Å². The Bertz CT molecular complexity index is 494. The summed E-state index contributed by atoms with van der Waals surface area (Å²) in [6, 6.07) is 3.56. The second kappa shape index (κ2) is 9.65. The van der Waals surface area contributed by atoms with Crippen molar-refractivity contribution < 1.29 is 9.52 Å². The zero-order chi connectivity index (χ0) is 16.8. The van der Waals surface area contributed by atoms with Gasteiger partial charge in [0, 0.05) is 13.1 Å². The molecule has 0 aromatic carbocycles. The van der Waals surface area contributed by atoms with Crippen molar-refractivity contribution in [1.29, 1.82) is 0 Å². The molecule has 1 unspecified atom stereocenters. The van der Waals surface area contributed by atoms with Gasteiger partial charge in [0.2, 0.25) is 0 Å². The van der Waals surface area contributed by atoms with Crippen LogP contribution < -0.4 is 10.6 Å². The lowest BCUT2D eigenvalue weighted by Crippen LogP contribution is -2.43. The number of halogens is 1. The number of aliphatic imine (C=N–C) groups is 1. The van der Waals surface area contributed by atoms with Gasteiger partial charge in [0.05, 0.1) is 12.8 Å². The quantitative estimate of drug-likeness (QED) is 0.338. The van der Waals surface area contributed by atoms with Crippen LogP contribution in [0.1, 0.15) is 58.6 Å². The molecule has 24 heavy (non-hydrogen) atoms. The molecule has 0 bridgehead atoms. The van der Waals surface area contributed by atoms with Gasteiger partial charge < -0.3 is 20.2 Å². The van der Waals surface area contributed by atoms with E-state index in [1.54, 1.807) is 25.3 Å². The minimum atomic E-state index is -1.10. The van der Waals surface area contributed by atoms with Crippen LogP contribution in [0.15, 0.2) is 27.8 Å². The van der Waals surface area contributed by atoms with Crippen molar-refractivity contribution in [1.82, 2.24) is 10.6 Å². The summed E-state index contributed by atoms with van der Waals surface area (Å²) >= 11 is 0. The van der Waals surface area contributed by atoms with Crippen molar-refractivity contribution in [2.45, 2.75) is 58.5 Å². The molecule has 0 spiro atoms. The van der Waals surface area contributed by atoms with Gasteiger partial charge in [0.15, 0.2) is 5.96 Å². The maximum atomic E-state index is 10.5. The Morgan fingerprint density at radius 3 is 2.58 bits per heavy atom. The normalized spacial score (nSPS) is 19.4. The van der Waals surface area contributed by atoms with Gasteiger partial charge in [-0.1, -0.05) is 19.8 Å². The predicted molar refractivity (Wildman–Crippen MR) is 109 cm³/mol. The van der Waals surface area contributed by atoms with Crippen molar-refractivity contribution >= 4 is 29.9 Å². The summed E-state index contributed by atoms with van der Waals surface area (Å²) in [6.07, 6.45) is 8.01. The van der Waals surface area contributed by atoms with E-state index in [1.165, 1.54) is 32.1 Å². The Labute approximate surface area is 162 Å². The number of rotatable bonds is 7. The van der Waals surface area contributed by atoms with Gasteiger partial charge in [-0.25, -0.2) is 4.99 Å². The standard InChI is InChI=1S/C18H31N3O2.HI/c1-4-18(10-6-7-11-18)14-21-16(19-5-2)20-13-17(3,22)15-9-8-12-23-15;/h8-9,12,22H,4-7,10-11,13-14H2,1-3H3,(H2,19,20,21);1H. The third-order valence-corrected chi connectivity index (χ3v) is 4.99. The molecule has 1 fully saturated rings. The summed E-state index contributed by atoms with van der Waals surface area (Å²) in [5.74, 6) is 1.30. The van der Waals surface area contributed by atoms with Gasteiger partial charge in [-0.15, -0.1) is 24.0 Å². The Hall–Kier alpha value is -0.760. The molecular formula is C18H32IN3O2. The van der Waals surface area contributed by atoms with Crippen LogP contribution in [0.3, 0.4) is 0 Å². The van der Waals surface area contributed by atoms with Crippen LogP contribution in [0, 0.1) is 5.41 Å². The molecule has 3 N–H and O–H groups in total. The molecule has 0 amide bonds. The van der Waals surface area contributed by atoms with E-state index >= 15 is 0 Å². The fraction of sp³-hybridized carbons (Fsp3) is 0.722. The topological polar surface area (TPSA) is 69.8 Å². The summed E-state index contributed by atoms with van der Waals surface area (Å²) in [5, 5.41) is 17.2. The molecule has 1 aromatic rings. The predicted octanol–water partition coefficient (Wildman–Crippen LogP) is 3.63. The first-order valence-electron chi connectivity index (χ1n) is 8.80. The Balaban J connectivity index is 0.00000288. The molecule has 1 aromatic heterocycles. The SMILES string of the molecule is CCNC(=NCC(C)(O)c1ccco1)NCC1(CC)CCCC1.I. The largest absolute Gasteiger partial charge is 0.466 e. The summed E-state index contributed by atoms with van der Waals surface area (Å²) in [7, 11) is 0. The summed E-state index contributed by atoms with van der Waals surface area (Å²) < 4.78 is 5.31. The molecule has 1 heterocycles. The van der Waals surface area contributed by atoms with E-state index < -0.39 is 5.60 Å². The first kappa shape index (κ1) is 21.3. The Kier molecular flexibility index (Phi) is 8.56. The van der Waals surface area contributed by atoms with E-state index in [9.17, 15) is 5.11 Å². The van der Waals surface area contributed by atoms with Crippen LogP contribution >= 0.6 is 24.0 Å². The van der Waals surface area contributed by atoms with Gasteiger partial charge in [-0.2, -0.15) is 0 Å². The van der Waals surface area contributed by atoms with Gasteiger partial charge in [-0.05, 0) is 50.7 Å². The van der Waals surface area contributed by atoms with Crippen molar-refractivity contribution in [3.8, 4) is 0 Å². The highest BCUT2D eigenvalue weighted by Gasteiger charge is 2.32. The van der Waals surface area contributed by atoms with E-state index in [0.717, 1.165) is 19.0 Å². The lowest BCUT2D eigenvalue weighted by Gasteiger charge is -2.29. The molecule has 0 saturated heterocycles. The number of hydrogen-bond acceptors (Lipinski definition) is 3. The average molecular weight is 449 g/mol. The fourth-order valence-corrected chi connectivity index (χ4v) is 3.29. The molecular weight excluding hydrogens is 417 g/mol. The zero-order valence-corrected chi connectivity index (χ0v) is 17.4. The highest BCUT2D eigenvalue weighted by Crippen LogP contribution is 2.40. The van der Waals surface area contributed by atoms with E-state index in [4.69, 9.17) is 4.42 Å². The van der Waals surface area contributed by atoms with Crippen molar-refractivity contribution in [3.05, 3.63) is 24.2 Å². The lowest BCUT2D eigenvalue weighted by molar-refractivity contribution is 0.0436. The molecule has 1 saturated carbocycles. The van der Waals surface area contributed by atoms with Crippen LogP contribution in [0.2, 0.25) is 0 Å². The first-order chi connectivity index (χ1) is 11.0. The second-order valence-electron chi connectivity index (χ2n) is 6.86. The Morgan fingerprint density at radius 1 is 1.33 bits per heavy atom.